The quantitative estimate of drug-likeness (QED) is 0.217. The number of allylic oxidation sites excluding steroid dienone is 1. The summed E-state index contributed by atoms with van der Waals surface area (Å²) in [5, 5.41) is 20.1. The van der Waals surface area contributed by atoms with E-state index < -0.39 is 47.6 Å². The number of hydrogen-bond acceptors (Lipinski definition) is 7. The van der Waals surface area contributed by atoms with Gasteiger partial charge in [-0.15, -0.1) is 0 Å². The zero-order chi connectivity index (χ0) is 31.8. The van der Waals surface area contributed by atoms with Crippen molar-refractivity contribution >= 4 is 29.6 Å². The van der Waals surface area contributed by atoms with Gasteiger partial charge in [0.25, 0.3) is 0 Å². The molecule has 3 amide bonds. The minimum absolute atomic E-state index is 0.0773. The molecular formula is C34H46N4O7. The van der Waals surface area contributed by atoms with Gasteiger partial charge in [-0.2, -0.15) is 0 Å². The van der Waals surface area contributed by atoms with Crippen molar-refractivity contribution in [1.82, 2.24) is 15.5 Å². The Balaban J connectivity index is 1.38. The fourth-order valence-corrected chi connectivity index (χ4v) is 6.72. The van der Waals surface area contributed by atoms with E-state index in [1.807, 2.05) is 42.5 Å². The molecule has 2 saturated carbocycles. The number of oxime groups is 1. The Hall–Kier alpha value is -3.89. The van der Waals surface area contributed by atoms with Gasteiger partial charge in [-0.25, -0.2) is 9.59 Å². The maximum atomic E-state index is 14.2. The number of rotatable bonds is 8. The van der Waals surface area contributed by atoms with Crippen LogP contribution in [0.5, 0.6) is 0 Å². The maximum absolute atomic E-state index is 14.2. The topological polar surface area (TPSA) is 147 Å². The van der Waals surface area contributed by atoms with E-state index in [9.17, 15) is 24.3 Å². The van der Waals surface area contributed by atoms with E-state index in [1.54, 1.807) is 0 Å². The summed E-state index contributed by atoms with van der Waals surface area (Å²) in [5.74, 6) is -2.36. The summed E-state index contributed by atoms with van der Waals surface area (Å²) in [7, 11) is 0. The number of hydrogen-bond donors (Lipinski definition) is 3. The number of aliphatic carboxylic acids is 1. The molecule has 3 fully saturated rings. The molecule has 11 nitrogen and oxygen atoms in total. The number of amides is 3. The molecule has 2 aliphatic heterocycles. The van der Waals surface area contributed by atoms with Crippen LogP contribution in [0.2, 0.25) is 0 Å². The number of ether oxygens (including phenoxy) is 1. The Morgan fingerprint density at radius 1 is 1.07 bits per heavy atom. The van der Waals surface area contributed by atoms with Gasteiger partial charge in [-0.05, 0) is 63.4 Å². The normalized spacial score (nSPS) is 30.2. The summed E-state index contributed by atoms with van der Waals surface area (Å²) >= 11 is 0. The first-order valence-corrected chi connectivity index (χ1v) is 16.6. The molecule has 1 unspecified atom stereocenters. The molecule has 2 heterocycles. The van der Waals surface area contributed by atoms with Gasteiger partial charge in [0.1, 0.15) is 29.8 Å². The third-order valence-electron chi connectivity index (χ3n) is 9.39. The van der Waals surface area contributed by atoms with Crippen molar-refractivity contribution in [3.63, 3.8) is 0 Å². The number of benzene rings is 1. The summed E-state index contributed by atoms with van der Waals surface area (Å²) in [5.41, 5.74) is 0.302. The number of nitrogens with one attached hydrogen (secondary N) is 2. The van der Waals surface area contributed by atoms with Crippen LogP contribution in [0.1, 0.15) is 96.0 Å². The molecule has 0 bridgehead atoms. The highest BCUT2D eigenvalue weighted by atomic mass is 16.6. The van der Waals surface area contributed by atoms with Crippen molar-refractivity contribution in [3.05, 3.63) is 48.0 Å². The smallest absolute Gasteiger partial charge is 0.408 e. The molecule has 2 aliphatic carbocycles. The van der Waals surface area contributed by atoms with E-state index in [-0.39, 0.29) is 25.0 Å². The molecule has 1 aromatic rings. The van der Waals surface area contributed by atoms with Crippen molar-refractivity contribution in [2.24, 2.45) is 11.1 Å². The van der Waals surface area contributed by atoms with Gasteiger partial charge in [-0.1, -0.05) is 73.8 Å². The van der Waals surface area contributed by atoms with Gasteiger partial charge in [0.2, 0.25) is 11.8 Å². The number of carboxylic acids is 1. The zero-order valence-electron chi connectivity index (χ0n) is 26.1. The number of carbonyl (C=O) groups is 4. The van der Waals surface area contributed by atoms with E-state index >= 15 is 0 Å². The van der Waals surface area contributed by atoms with Gasteiger partial charge in [0, 0.05) is 12.3 Å². The molecule has 11 heteroatoms. The molecule has 244 valence electrons. The molecule has 5 rings (SSSR count). The molecule has 5 atom stereocenters. The standard InChI is InChI=1S/C34H46N4O7/c1-2-13-27(23-14-7-6-8-15-23)37-45-26-20-29-30(39)36-34(32(41)42)21-24(34)16-9-4-3-5-10-19-28(31(40)38(29)22-26)35-33(43)44-25-17-11-12-18-25/h6-9,14-16,24-26,28-29H,2-5,10-13,17-22H2,1H3,(H,35,43)(H,36,39)(H,41,42)/b16-9-,37-27+/t24?,26-,28+,29+,34-/m1/s1. The van der Waals surface area contributed by atoms with Gasteiger partial charge in [-0.3, -0.25) is 9.59 Å². The Morgan fingerprint density at radius 3 is 2.56 bits per heavy atom. The minimum atomic E-state index is -1.40. The summed E-state index contributed by atoms with van der Waals surface area (Å²) in [4.78, 5) is 60.6. The van der Waals surface area contributed by atoms with E-state index in [2.05, 4.69) is 22.7 Å². The summed E-state index contributed by atoms with van der Waals surface area (Å²) in [6.07, 6.45) is 11.7. The Morgan fingerprint density at radius 2 is 1.82 bits per heavy atom. The molecule has 1 aromatic carbocycles. The highest BCUT2D eigenvalue weighted by Crippen LogP contribution is 2.45. The van der Waals surface area contributed by atoms with Crippen LogP contribution in [0.3, 0.4) is 0 Å². The second-order valence-electron chi connectivity index (χ2n) is 12.8. The number of fused-ring (bicyclic) bond motifs is 2. The maximum Gasteiger partial charge on any atom is 0.408 e. The first kappa shape index (κ1) is 32.5. The van der Waals surface area contributed by atoms with Crippen molar-refractivity contribution in [3.8, 4) is 0 Å². The number of alkyl carbamates (subject to hydrolysis) is 1. The van der Waals surface area contributed by atoms with E-state index in [0.29, 0.717) is 25.7 Å². The van der Waals surface area contributed by atoms with E-state index in [1.165, 1.54) is 4.90 Å². The van der Waals surface area contributed by atoms with Crippen LogP contribution in [-0.4, -0.2) is 76.0 Å². The number of nitrogens with zero attached hydrogens (tertiary/aromatic N) is 2. The van der Waals surface area contributed by atoms with Gasteiger partial charge in [0.15, 0.2) is 0 Å². The Kier molecular flexibility index (Phi) is 10.8. The lowest BCUT2D eigenvalue weighted by atomic mass is 10.0. The first-order valence-electron chi connectivity index (χ1n) is 16.6. The molecular weight excluding hydrogens is 576 g/mol. The van der Waals surface area contributed by atoms with Crippen molar-refractivity contribution in [2.75, 3.05) is 6.54 Å². The third kappa shape index (κ3) is 8.04. The molecule has 0 radical (unpaired) electrons. The van der Waals surface area contributed by atoms with Gasteiger partial charge >= 0.3 is 12.1 Å². The monoisotopic (exact) mass is 622 g/mol. The minimum Gasteiger partial charge on any atom is -0.479 e. The van der Waals surface area contributed by atoms with Gasteiger partial charge in [0.05, 0.1) is 12.3 Å². The van der Waals surface area contributed by atoms with Crippen molar-refractivity contribution < 1.29 is 33.9 Å². The van der Waals surface area contributed by atoms with Gasteiger partial charge < -0.3 is 30.2 Å². The lowest BCUT2D eigenvalue weighted by Crippen LogP contribution is -2.56. The van der Waals surface area contributed by atoms with Crippen LogP contribution < -0.4 is 10.6 Å². The number of carbonyl (C=O) groups excluding carboxylic acids is 3. The van der Waals surface area contributed by atoms with Crippen LogP contribution in [0.15, 0.2) is 47.6 Å². The van der Waals surface area contributed by atoms with E-state index in [0.717, 1.165) is 62.6 Å². The highest BCUT2D eigenvalue weighted by molar-refractivity contribution is 6.00. The highest BCUT2D eigenvalue weighted by Gasteiger charge is 2.61. The fraction of sp³-hybridized carbons (Fsp3) is 0.618. The van der Waals surface area contributed by atoms with Crippen molar-refractivity contribution in [2.45, 2.75) is 120 Å². The molecule has 1 saturated heterocycles. The molecule has 0 aromatic heterocycles. The second kappa shape index (κ2) is 14.9. The average molecular weight is 623 g/mol. The van der Waals surface area contributed by atoms with Crippen LogP contribution in [0, 0.1) is 5.92 Å². The molecule has 4 aliphatic rings. The predicted octanol–water partition coefficient (Wildman–Crippen LogP) is 4.69. The van der Waals surface area contributed by atoms with Crippen LogP contribution in [-0.2, 0) is 24.0 Å². The Bertz CT molecular complexity index is 1280. The largest absolute Gasteiger partial charge is 0.479 e. The van der Waals surface area contributed by atoms with Crippen LogP contribution >= 0.6 is 0 Å². The summed E-state index contributed by atoms with van der Waals surface area (Å²) in [6, 6.07) is 7.84. The summed E-state index contributed by atoms with van der Waals surface area (Å²) in [6.45, 7) is 2.13. The Labute approximate surface area is 264 Å². The summed E-state index contributed by atoms with van der Waals surface area (Å²) < 4.78 is 5.61. The van der Waals surface area contributed by atoms with Crippen LogP contribution in [0.25, 0.3) is 0 Å². The molecule has 0 spiro atoms. The first-order chi connectivity index (χ1) is 21.8. The average Bonchev–Trinajstić information content (AvgIpc) is 3.33. The second-order valence-corrected chi connectivity index (χ2v) is 12.8. The fourth-order valence-electron chi connectivity index (χ4n) is 6.72. The molecule has 3 N–H and O–H groups in total. The van der Waals surface area contributed by atoms with Crippen molar-refractivity contribution in [1.29, 1.82) is 0 Å². The van der Waals surface area contributed by atoms with Crippen LogP contribution in [0.4, 0.5) is 4.79 Å². The molecule has 45 heavy (non-hydrogen) atoms. The third-order valence-corrected chi connectivity index (χ3v) is 9.39. The lowest BCUT2D eigenvalue weighted by Gasteiger charge is -2.29. The van der Waals surface area contributed by atoms with E-state index in [4.69, 9.17) is 9.57 Å². The number of carboxylic acid groups (broad SMARTS) is 1. The zero-order valence-corrected chi connectivity index (χ0v) is 26.1. The SMILES string of the molecule is CCC/C(=N\O[C@@H]1C[C@H]2C(=O)N[C@]3(C(=O)O)CC3/C=C\CCCCC[C@H](NC(=O)OC3CCCC3)C(=O)N2C1)c1ccccc1. The predicted molar refractivity (Wildman–Crippen MR) is 167 cm³/mol. The lowest BCUT2D eigenvalue weighted by molar-refractivity contribution is -0.145.